The average Bonchev–Trinajstić information content (AvgIpc) is 3.34. The van der Waals surface area contributed by atoms with Crippen molar-refractivity contribution in [2.75, 3.05) is 39.2 Å². The van der Waals surface area contributed by atoms with Crippen LogP contribution in [-0.2, 0) is 9.53 Å². The van der Waals surface area contributed by atoms with Crippen LogP contribution in [0.2, 0.25) is 0 Å². The molecule has 0 atom stereocenters. The quantitative estimate of drug-likeness (QED) is 0.330. The summed E-state index contributed by atoms with van der Waals surface area (Å²) in [6.45, 7) is 2.16. The van der Waals surface area contributed by atoms with Gasteiger partial charge in [-0.05, 0) is 67.1 Å². The number of carbonyl (C=O) groups is 2. The van der Waals surface area contributed by atoms with Crippen molar-refractivity contribution in [1.82, 2.24) is 14.5 Å². The minimum atomic E-state index is -0.432. The molecule has 0 unspecified atom stereocenters. The molecule has 0 aliphatic heterocycles. The van der Waals surface area contributed by atoms with Crippen molar-refractivity contribution < 1.29 is 23.5 Å². The number of halogens is 1. The van der Waals surface area contributed by atoms with E-state index >= 15 is 0 Å². The fraction of sp³-hybridized carbons (Fsp3) is 0.207. The number of rotatable bonds is 10. The van der Waals surface area contributed by atoms with Crippen LogP contribution in [0.3, 0.4) is 0 Å². The first kappa shape index (κ1) is 26.6. The Morgan fingerprint density at radius 3 is 2.37 bits per heavy atom. The first-order chi connectivity index (χ1) is 18.4. The SMILES string of the molecule is COCCN(CC(=O)Nc1nc(-c2ccc(OC)cc2)cn1-c1ccc(F)cc1)C(=O)c1ccccc1C. The number of aromatic nitrogens is 2. The highest BCUT2D eigenvalue weighted by molar-refractivity contribution is 6.00. The fourth-order valence-corrected chi connectivity index (χ4v) is 3.94. The normalized spacial score (nSPS) is 10.7. The number of nitrogens with zero attached hydrogens (tertiary/aromatic N) is 3. The van der Waals surface area contributed by atoms with E-state index in [1.165, 1.54) is 24.1 Å². The van der Waals surface area contributed by atoms with E-state index in [2.05, 4.69) is 10.3 Å². The summed E-state index contributed by atoms with van der Waals surface area (Å²) >= 11 is 0. The van der Waals surface area contributed by atoms with E-state index in [1.54, 1.807) is 42.1 Å². The summed E-state index contributed by atoms with van der Waals surface area (Å²) in [7, 11) is 3.13. The molecule has 0 saturated carbocycles. The van der Waals surface area contributed by atoms with Crippen molar-refractivity contribution >= 4 is 17.8 Å². The number of amides is 2. The molecule has 196 valence electrons. The maximum Gasteiger partial charge on any atom is 0.254 e. The molecule has 38 heavy (non-hydrogen) atoms. The Bertz CT molecular complexity index is 1400. The van der Waals surface area contributed by atoms with E-state index in [1.807, 2.05) is 43.3 Å². The van der Waals surface area contributed by atoms with Gasteiger partial charge in [0, 0.05) is 36.7 Å². The lowest BCUT2D eigenvalue weighted by Gasteiger charge is -2.22. The molecule has 0 aliphatic rings. The van der Waals surface area contributed by atoms with Crippen LogP contribution in [0.25, 0.3) is 16.9 Å². The monoisotopic (exact) mass is 516 g/mol. The Morgan fingerprint density at radius 1 is 1.00 bits per heavy atom. The van der Waals surface area contributed by atoms with Gasteiger partial charge in [-0.1, -0.05) is 18.2 Å². The number of carbonyl (C=O) groups excluding carboxylic acids is 2. The van der Waals surface area contributed by atoms with Crippen LogP contribution >= 0.6 is 0 Å². The van der Waals surface area contributed by atoms with E-state index in [4.69, 9.17) is 9.47 Å². The Morgan fingerprint density at radius 2 is 1.71 bits per heavy atom. The minimum absolute atomic E-state index is 0.204. The Hall–Kier alpha value is -4.50. The van der Waals surface area contributed by atoms with Crippen molar-refractivity contribution in [2.45, 2.75) is 6.92 Å². The second kappa shape index (κ2) is 12.2. The van der Waals surface area contributed by atoms with Gasteiger partial charge in [0.05, 0.1) is 19.4 Å². The van der Waals surface area contributed by atoms with Crippen LogP contribution in [0, 0.1) is 12.7 Å². The van der Waals surface area contributed by atoms with Crippen LogP contribution in [0.5, 0.6) is 5.75 Å². The van der Waals surface area contributed by atoms with Gasteiger partial charge in [-0.2, -0.15) is 0 Å². The number of nitrogens with one attached hydrogen (secondary N) is 1. The van der Waals surface area contributed by atoms with Crippen LogP contribution in [0.1, 0.15) is 15.9 Å². The summed E-state index contributed by atoms with van der Waals surface area (Å²) in [5, 5.41) is 2.82. The molecule has 0 aliphatic carbocycles. The van der Waals surface area contributed by atoms with Gasteiger partial charge in [-0.15, -0.1) is 0 Å². The Kier molecular flexibility index (Phi) is 8.50. The van der Waals surface area contributed by atoms with Crippen molar-refractivity contribution in [3.63, 3.8) is 0 Å². The fourth-order valence-electron chi connectivity index (χ4n) is 3.94. The van der Waals surface area contributed by atoms with Gasteiger partial charge in [0.15, 0.2) is 0 Å². The van der Waals surface area contributed by atoms with Crippen molar-refractivity contribution in [3.8, 4) is 22.7 Å². The van der Waals surface area contributed by atoms with Gasteiger partial charge in [0.2, 0.25) is 11.9 Å². The second-order valence-corrected chi connectivity index (χ2v) is 8.61. The maximum atomic E-state index is 13.6. The van der Waals surface area contributed by atoms with Crippen LogP contribution in [0.15, 0.2) is 79.0 Å². The molecule has 0 radical (unpaired) electrons. The van der Waals surface area contributed by atoms with E-state index < -0.39 is 5.91 Å². The van der Waals surface area contributed by atoms with Gasteiger partial charge in [-0.25, -0.2) is 9.37 Å². The van der Waals surface area contributed by atoms with Crippen molar-refractivity contribution in [1.29, 1.82) is 0 Å². The van der Waals surface area contributed by atoms with E-state index in [9.17, 15) is 14.0 Å². The minimum Gasteiger partial charge on any atom is -0.497 e. The van der Waals surface area contributed by atoms with E-state index in [-0.39, 0.29) is 37.4 Å². The molecular weight excluding hydrogens is 487 g/mol. The molecule has 8 nitrogen and oxygen atoms in total. The molecule has 0 bridgehead atoms. The number of hydrogen-bond donors (Lipinski definition) is 1. The highest BCUT2D eigenvalue weighted by Crippen LogP contribution is 2.26. The predicted octanol–water partition coefficient (Wildman–Crippen LogP) is 4.72. The maximum absolute atomic E-state index is 13.6. The molecule has 1 N–H and O–H groups in total. The summed E-state index contributed by atoms with van der Waals surface area (Å²) in [5.41, 5.74) is 3.35. The molecule has 1 aromatic heterocycles. The van der Waals surface area contributed by atoms with Gasteiger partial charge >= 0.3 is 0 Å². The lowest BCUT2D eigenvalue weighted by atomic mass is 10.1. The zero-order chi connectivity index (χ0) is 27.1. The highest BCUT2D eigenvalue weighted by Gasteiger charge is 2.22. The smallest absolute Gasteiger partial charge is 0.254 e. The van der Waals surface area contributed by atoms with Gasteiger partial charge in [0.1, 0.15) is 18.1 Å². The second-order valence-electron chi connectivity index (χ2n) is 8.61. The summed E-state index contributed by atoms with van der Waals surface area (Å²) < 4.78 is 25.6. The van der Waals surface area contributed by atoms with Gasteiger partial charge in [0.25, 0.3) is 5.91 Å². The van der Waals surface area contributed by atoms with Gasteiger partial charge in [-0.3, -0.25) is 19.5 Å². The lowest BCUT2D eigenvalue weighted by Crippen LogP contribution is -2.40. The Labute approximate surface area is 220 Å². The number of methoxy groups -OCH3 is 2. The summed E-state index contributed by atoms with van der Waals surface area (Å²) in [6, 6.07) is 20.4. The van der Waals surface area contributed by atoms with E-state index in [0.29, 0.717) is 22.7 Å². The molecule has 0 saturated heterocycles. The third-order valence-corrected chi connectivity index (χ3v) is 6.01. The third kappa shape index (κ3) is 6.24. The zero-order valence-corrected chi connectivity index (χ0v) is 21.5. The number of hydrogen-bond acceptors (Lipinski definition) is 5. The third-order valence-electron chi connectivity index (χ3n) is 6.01. The molecule has 9 heteroatoms. The lowest BCUT2D eigenvalue weighted by molar-refractivity contribution is -0.117. The van der Waals surface area contributed by atoms with Crippen molar-refractivity contribution in [3.05, 3.63) is 95.9 Å². The standard InChI is InChI=1S/C29H29FN4O4/c1-20-6-4-5-7-25(20)28(36)33(16-17-37-2)19-27(35)32-29-31-26(21-8-14-24(38-3)15-9-21)18-34(29)23-12-10-22(30)11-13-23/h4-15,18H,16-17,19H2,1-3H3,(H,31,32,35). The van der Waals surface area contributed by atoms with Crippen molar-refractivity contribution in [2.24, 2.45) is 0 Å². The number of aryl methyl sites for hydroxylation is 1. The average molecular weight is 517 g/mol. The number of anilines is 1. The van der Waals surface area contributed by atoms with Crippen LogP contribution in [-0.4, -0.2) is 60.2 Å². The molecule has 4 rings (SSSR count). The molecular formula is C29H29FN4O4. The van der Waals surface area contributed by atoms with E-state index in [0.717, 1.165) is 11.1 Å². The molecule has 0 spiro atoms. The summed E-state index contributed by atoms with van der Waals surface area (Å²) in [4.78, 5) is 32.5. The van der Waals surface area contributed by atoms with Crippen LogP contribution < -0.4 is 10.1 Å². The molecule has 1 heterocycles. The zero-order valence-electron chi connectivity index (χ0n) is 21.5. The van der Waals surface area contributed by atoms with Gasteiger partial charge < -0.3 is 14.4 Å². The molecule has 0 fully saturated rings. The molecule has 2 amide bonds. The Balaban J connectivity index is 1.61. The summed E-state index contributed by atoms with van der Waals surface area (Å²) in [6.07, 6.45) is 1.76. The number of benzene rings is 3. The molecule has 3 aromatic carbocycles. The highest BCUT2D eigenvalue weighted by atomic mass is 19.1. The first-order valence-electron chi connectivity index (χ1n) is 12.0. The molecule has 4 aromatic rings. The number of imidazole rings is 1. The van der Waals surface area contributed by atoms with Crippen LogP contribution in [0.4, 0.5) is 10.3 Å². The largest absolute Gasteiger partial charge is 0.497 e. The predicted molar refractivity (Wildman–Crippen MR) is 143 cm³/mol. The first-order valence-corrected chi connectivity index (χ1v) is 12.0. The summed E-state index contributed by atoms with van der Waals surface area (Å²) in [5.74, 6) is -0.134. The number of ether oxygens (including phenoxy) is 2. The topological polar surface area (TPSA) is 85.7 Å².